The van der Waals surface area contributed by atoms with Gasteiger partial charge < -0.3 is 10.8 Å². The van der Waals surface area contributed by atoms with Crippen molar-refractivity contribution >= 4 is 27.2 Å². The van der Waals surface area contributed by atoms with Gasteiger partial charge in [-0.15, -0.1) is 0 Å². The Balaban J connectivity index is 2.52. The van der Waals surface area contributed by atoms with E-state index in [1.54, 1.807) is 48.5 Å². The largest absolute Gasteiger partial charge is 0.418 e. The maximum absolute atomic E-state index is 13.0. The van der Waals surface area contributed by atoms with E-state index >= 15 is 0 Å². The number of alkyl halides is 3. The third-order valence-corrected chi connectivity index (χ3v) is 3.60. The van der Waals surface area contributed by atoms with Crippen LogP contribution in [-0.4, -0.2) is 11.3 Å². The molecule has 108 valence electrons. The molecular weight excluding hydrogens is 279 g/mol. The summed E-state index contributed by atoms with van der Waals surface area (Å²) in [7, 11) is 0. The van der Waals surface area contributed by atoms with Crippen molar-refractivity contribution in [2.75, 3.05) is 5.73 Å². The summed E-state index contributed by atoms with van der Waals surface area (Å²) in [5.41, 5.74) is 6.34. The minimum Gasteiger partial charge on any atom is -0.398 e. The van der Waals surface area contributed by atoms with Gasteiger partial charge in [0.15, 0.2) is 6.10 Å². The van der Waals surface area contributed by atoms with Crippen molar-refractivity contribution < 1.29 is 18.3 Å². The second kappa shape index (κ2) is 4.63. The molecular formula is C16H12F3NO. The quantitative estimate of drug-likeness (QED) is 0.522. The molecule has 0 spiro atoms. The van der Waals surface area contributed by atoms with Crippen LogP contribution >= 0.6 is 0 Å². The second-order valence-electron chi connectivity index (χ2n) is 4.86. The summed E-state index contributed by atoms with van der Waals surface area (Å²) >= 11 is 0. The summed E-state index contributed by atoms with van der Waals surface area (Å²) < 4.78 is 39.0. The van der Waals surface area contributed by atoms with Crippen molar-refractivity contribution in [1.29, 1.82) is 0 Å². The molecule has 0 saturated heterocycles. The van der Waals surface area contributed by atoms with Crippen molar-refractivity contribution in [3.63, 3.8) is 0 Å². The van der Waals surface area contributed by atoms with Crippen LogP contribution in [0, 0.1) is 0 Å². The molecule has 0 fully saturated rings. The van der Waals surface area contributed by atoms with Gasteiger partial charge in [0, 0.05) is 22.0 Å². The number of halogens is 3. The molecule has 0 saturated carbocycles. The highest BCUT2D eigenvalue weighted by Gasteiger charge is 2.41. The van der Waals surface area contributed by atoms with E-state index in [0.29, 0.717) is 27.2 Å². The van der Waals surface area contributed by atoms with Gasteiger partial charge in [-0.25, -0.2) is 0 Å². The molecule has 0 heterocycles. The van der Waals surface area contributed by atoms with Gasteiger partial charge in [-0.05, 0) is 10.8 Å². The Morgan fingerprint density at radius 2 is 1.19 bits per heavy atom. The Hall–Kier alpha value is -2.27. The number of anilines is 1. The lowest BCUT2D eigenvalue weighted by atomic mass is 9.92. The van der Waals surface area contributed by atoms with E-state index in [0.717, 1.165) is 0 Å². The Bertz CT molecular complexity index is 770. The topological polar surface area (TPSA) is 46.2 Å². The summed E-state index contributed by atoms with van der Waals surface area (Å²) in [6, 6.07) is 13.1. The molecule has 0 radical (unpaired) electrons. The normalized spacial score (nSPS) is 13.7. The number of aliphatic hydroxyl groups is 1. The number of aliphatic hydroxyl groups excluding tert-OH is 1. The van der Waals surface area contributed by atoms with Gasteiger partial charge in [-0.3, -0.25) is 0 Å². The number of benzene rings is 3. The molecule has 3 N–H and O–H groups in total. The fraction of sp³-hybridized carbons (Fsp3) is 0.125. The van der Waals surface area contributed by atoms with Crippen LogP contribution < -0.4 is 5.73 Å². The van der Waals surface area contributed by atoms with Crippen molar-refractivity contribution in [3.05, 3.63) is 54.1 Å². The van der Waals surface area contributed by atoms with Crippen LogP contribution in [0.4, 0.5) is 18.9 Å². The van der Waals surface area contributed by atoms with Gasteiger partial charge in [0.1, 0.15) is 0 Å². The van der Waals surface area contributed by atoms with Crippen molar-refractivity contribution in [3.8, 4) is 0 Å². The van der Waals surface area contributed by atoms with E-state index in [1.807, 2.05) is 0 Å². The van der Waals surface area contributed by atoms with Crippen molar-refractivity contribution in [2.45, 2.75) is 12.3 Å². The lowest BCUT2D eigenvalue weighted by molar-refractivity contribution is -0.205. The van der Waals surface area contributed by atoms with Crippen LogP contribution in [0.3, 0.4) is 0 Å². The van der Waals surface area contributed by atoms with Gasteiger partial charge in [0.25, 0.3) is 0 Å². The summed E-state index contributed by atoms with van der Waals surface area (Å²) in [6.45, 7) is 0. The fourth-order valence-electron chi connectivity index (χ4n) is 2.65. The third kappa shape index (κ3) is 2.10. The first-order valence-corrected chi connectivity index (χ1v) is 6.35. The van der Waals surface area contributed by atoms with E-state index in [1.165, 1.54) is 0 Å². The first-order valence-electron chi connectivity index (χ1n) is 6.35. The summed E-state index contributed by atoms with van der Waals surface area (Å²) in [5, 5.41) is 11.4. The average Bonchev–Trinajstić information content (AvgIpc) is 2.46. The van der Waals surface area contributed by atoms with Crippen molar-refractivity contribution in [2.24, 2.45) is 0 Å². The van der Waals surface area contributed by atoms with Gasteiger partial charge in [-0.1, -0.05) is 48.5 Å². The highest BCUT2D eigenvalue weighted by molar-refractivity contribution is 6.12. The lowest BCUT2D eigenvalue weighted by Gasteiger charge is -2.20. The first kappa shape index (κ1) is 13.7. The molecule has 0 bridgehead atoms. The van der Waals surface area contributed by atoms with E-state index in [4.69, 9.17) is 5.73 Å². The minimum absolute atomic E-state index is 0.150. The number of hydrogen-bond acceptors (Lipinski definition) is 2. The highest BCUT2D eigenvalue weighted by Crippen LogP contribution is 2.42. The summed E-state index contributed by atoms with van der Waals surface area (Å²) in [4.78, 5) is 0. The second-order valence-corrected chi connectivity index (χ2v) is 4.86. The lowest BCUT2D eigenvalue weighted by Crippen LogP contribution is -2.21. The van der Waals surface area contributed by atoms with Gasteiger partial charge >= 0.3 is 6.18 Å². The molecule has 3 aromatic rings. The predicted octanol–water partition coefficient (Wildman–Crippen LogP) is 4.17. The summed E-state index contributed by atoms with van der Waals surface area (Å²) in [6.07, 6.45) is -7.28. The van der Waals surface area contributed by atoms with E-state index in [-0.39, 0.29) is 5.56 Å². The van der Waals surface area contributed by atoms with E-state index < -0.39 is 12.3 Å². The Kier molecular flexibility index (Phi) is 3.02. The Morgan fingerprint density at radius 1 is 0.810 bits per heavy atom. The predicted molar refractivity (Wildman–Crippen MR) is 76.9 cm³/mol. The monoisotopic (exact) mass is 291 g/mol. The van der Waals surface area contributed by atoms with Crippen LogP contribution in [0.15, 0.2) is 48.5 Å². The number of hydrogen-bond donors (Lipinski definition) is 2. The number of rotatable bonds is 1. The van der Waals surface area contributed by atoms with Crippen LogP contribution in [0.5, 0.6) is 0 Å². The molecule has 0 aliphatic heterocycles. The van der Waals surface area contributed by atoms with Crippen LogP contribution in [0.25, 0.3) is 21.5 Å². The molecule has 2 nitrogen and oxygen atoms in total. The molecule has 5 heteroatoms. The van der Waals surface area contributed by atoms with Crippen LogP contribution in [0.2, 0.25) is 0 Å². The molecule has 3 aromatic carbocycles. The number of nitrogens with two attached hydrogens (primary N) is 1. The molecule has 0 amide bonds. The molecule has 1 unspecified atom stereocenters. The maximum Gasteiger partial charge on any atom is 0.418 e. The SMILES string of the molecule is Nc1c2ccccc2c(C(O)C(F)(F)F)c2ccccc12. The van der Waals surface area contributed by atoms with Gasteiger partial charge in [-0.2, -0.15) is 13.2 Å². The van der Waals surface area contributed by atoms with Gasteiger partial charge in [0.05, 0.1) is 0 Å². The van der Waals surface area contributed by atoms with E-state index in [2.05, 4.69) is 0 Å². The molecule has 1 atom stereocenters. The zero-order valence-corrected chi connectivity index (χ0v) is 10.9. The van der Waals surface area contributed by atoms with E-state index in [9.17, 15) is 18.3 Å². The third-order valence-electron chi connectivity index (χ3n) is 3.60. The Labute approximate surface area is 118 Å². The molecule has 0 aliphatic rings. The highest BCUT2D eigenvalue weighted by atomic mass is 19.4. The zero-order valence-electron chi connectivity index (χ0n) is 10.9. The molecule has 21 heavy (non-hydrogen) atoms. The minimum atomic E-state index is -4.73. The van der Waals surface area contributed by atoms with Crippen LogP contribution in [-0.2, 0) is 0 Å². The Morgan fingerprint density at radius 3 is 1.57 bits per heavy atom. The summed E-state index contributed by atoms with van der Waals surface area (Å²) in [5.74, 6) is 0. The first-order chi connectivity index (χ1) is 9.91. The average molecular weight is 291 g/mol. The number of nitrogen functional groups attached to an aromatic ring is 1. The molecule has 3 rings (SSSR count). The van der Waals surface area contributed by atoms with Gasteiger partial charge in [0.2, 0.25) is 0 Å². The maximum atomic E-state index is 13.0. The standard InChI is InChI=1S/C16H12F3NO/c17-16(18,19)15(21)13-9-5-1-3-7-11(9)14(20)12-8-4-2-6-10(12)13/h1-8,15,21H,20H2. The van der Waals surface area contributed by atoms with Crippen LogP contribution in [0.1, 0.15) is 11.7 Å². The molecule has 0 aliphatic carbocycles. The fourth-order valence-corrected chi connectivity index (χ4v) is 2.65. The van der Waals surface area contributed by atoms with Crippen molar-refractivity contribution in [1.82, 2.24) is 0 Å². The zero-order chi connectivity index (χ0) is 15.2. The smallest absolute Gasteiger partial charge is 0.398 e. The molecule has 0 aromatic heterocycles. The number of fused-ring (bicyclic) bond motifs is 2.